The van der Waals surface area contributed by atoms with Crippen LogP contribution in [0.3, 0.4) is 0 Å². The zero-order chi connectivity index (χ0) is 15.2. The average Bonchev–Trinajstić information content (AvgIpc) is 2.90. The molecule has 8 heteroatoms. The molecular weight excluding hydrogens is 312 g/mol. The molecule has 2 aromatic rings. The van der Waals surface area contributed by atoms with Gasteiger partial charge in [0.25, 0.3) is 5.91 Å². The van der Waals surface area contributed by atoms with Gasteiger partial charge in [-0.1, -0.05) is 11.6 Å². The summed E-state index contributed by atoms with van der Waals surface area (Å²) in [6.07, 6.45) is 0. The number of thiazole rings is 1. The van der Waals surface area contributed by atoms with E-state index < -0.39 is 6.03 Å². The molecule has 0 saturated heterocycles. The normalized spacial score (nSPS) is 10.0. The number of anilines is 2. The second-order valence-corrected chi connectivity index (χ2v) is 5.28. The minimum atomic E-state index is -0.436. The molecule has 1 aromatic carbocycles. The van der Waals surface area contributed by atoms with Gasteiger partial charge in [0, 0.05) is 22.6 Å². The van der Waals surface area contributed by atoms with Crippen LogP contribution in [0.1, 0.15) is 17.4 Å². The lowest BCUT2D eigenvalue weighted by atomic mass is 10.3. The second-order valence-electron chi connectivity index (χ2n) is 3.98. The predicted octanol–water partition coefficient (Wildman–Crippen LogP) is 3.19. The standard InChI is InChI=1S/C13H13ClN4O2S/c1-2-15-11(19)10-7-21-13(17-10)18-12(20)16-9-5-3-8(14)4-6-9/h3-7H,2H2,1H3,(H,15,19)(H2,16,17,18,20). The van der Waals surface area contributed by atoms with Gasteiger partial charge in [-0.15, -0.1) is 11.3 Å². The molecule has 0 unspecified atom stereocenters. The Labute approximate surface area is 130 Å². The highest BCUT2D eigenvalue weighted by Gasteiger charge is 2.11. The van der Waals surface area contributed by atoms with Crippen molar-refractivity contribution < 1.29 is 9.59 Å². The number of rotatable bonds is 4. The van der Waals surface area contributed by atoms with Crippen molar-refractivity contribution in [2.24, 2.45) is 0 Å². The number of carbonyl (C=O) groups is 2. The van der Waals surface area contributed by atoms with Crippen LogP contribution < -0.4 is 16.0 Å². The summed E-state index contributed by atoms with van der Waals surface area (Å²) in [5.41, 5.74) is 0.890. The molecule has 3 amide bonds. The highest BCUT2D eigenvalue weighted by atomic mass is 35.5. The molecule has 0 bridgehead atoms. The summed E-state index contributed by atoms with van der Waals surface area (Å²) in [5.74, 6) is -0.264. The Morgan fingerprint density at radius 3 is 2.62 bits per heavy atom. The molecule has 3 N–H and O–H groups in total. The van der Waals surface area contributed by atoms with Gasteiger partial charge in [0.05, 0.1) is 0 Å². The summed E-state index contributed by atoms with van der Waals surface area (Å²) in [4.78, 5) is 27.4. The summed E-state index contributed by atoms with van der Waals surface area (Å²) >= 11 is 6.94. The maximum absolute atomic E-state index is 11.8. The number of carbonyl (C=O) groups excluding carboxylic acids is 2. The fourth-order valence-electron chi connectivity index (χ4n) is 1.48. The number of benzene rings is 1. The maximum Gasteiger partial charge on any atom is 0.325 e. The first-order valence-electron chi connectivity index (χ1n) is 6.15. The lowest BCUT2D eigenvalue weighted by molar-refractivity contribution is 0.0951. The molecule has 1 heterocycles. The molecule has 0 aliphatic heterocycles. The first-order valence-corrected chi connectivity index (χ1v) is 7.41. The van der Waals surface area contributed by atoms with Crippen LogP contribution in [0.5, 0.6) is 0 Å². The molecule has 0 spiro atoms. The molecule has 0 aliphatic rings. The predicted molar refractivity (Wildman–Crippen MR) is 84.2 cm³/mol. The summed E-state index contributed by atoms with van der Waals surface area (Å²) in [7, 11) is 0. The van der Waals surface area contributed by atoms with E-state index in [1.807, 2.05) is 6.92 Å². The molecule has 6 nitrogen and oxygen atoms in total. The van der Waals surface area contributed by atoms with Crippen LogP contribution in [-0.4, -0.2) is 23.5 Å². The quantitative estimate of drug-likeness (QED) is 0.807. The molecule has 21 heavy (non-hydrogen) atoms. The van der Waals surface area contributed by atoms with E-state index in [1.54, 1.807) is 29.6 Å². The van der Waals surface area contributed by atoms with Crippen molar-refractivity contribution in [1.82, 2.24) is 10.3 Å². The number of aromatic nitrogens is 1. The van der Waals surface area contributed by atoms with Gasteiger partial charge in [0.15, 0.2) is 5.13 Å². The lowest BCUT2D eigenvalue weighted by Gasteiger charge is -2.05. The minimum absolute atomic E-state index is 0.264. The third kappa shape index (κ3) is 4.44. The largest absolute Gasteiger partial charge is 0.351 e. The maximum atomic E-state index is 11.8. The number of nitrogens with one attached hydrogen (secondary N) is 3. The summed E-state index contributed by atoms with van der Waals surface area (Å²) < 4.78 is 0. The summed E-state index contributed by atoms with van der Waals surface area (Å²) in [5, 5.41) is 10.4. The Hall–Kier alpha value is -2.12. The molecule has 0 atom stereocenters. The van der Waals surface area contributed by atoms with Crippen LogP contribution in [0.2, 0.25) is 5.02 Å². The van der Waals surface area contributed by atoms with Gasteiger partial charge in [-0.05, 0) is 31.2 Å². The Kier molecular flexibility index (Phi) is 5.13. The van der Waals surface area contributed by atoms with E-state index in [2.05, 4.69) is 20.9 Å². The Balaban J connectivity index is 1.93. The highest BCUT2D eigenvalue weighted by molar-refractivity contribution is 7.14. The van der Waals surface area contributed by atoms with E-state index in [4.69, 9.17) is 11.6 Å². The average molecular weight is 325 g/mol. The first-order chi connectivity index (χ1) is 10.1. The summed E-state index contributed by atoms with van der Waals surface area (Å²) in [6, 6.07) is 6.28. The van der Waals surface area contributed by atoms with Crippen LogP contribution in [0, 0.1) is 0 Å². The highest BCUT2D eigenvalue weighted by Crippen LogP contribution is 2.17. The molecule has 0 aliphatic carbocycles. The van der Waals surface area contributed by atoms with Crippen LogP contribution in [-0.2, 0) is 0 Å². The van der Waals surface area contributed by atoms with E-state index in [1.165, 1.54) is 11.3 Å². The van der Waals surface area contributed by atoms with E-state index >= 15 is 0 Å². The van der Waals surface area contributed by atoms with Gasteiger partial charge >= 0.3 is 6.03 Å². The van der Waals surface area contributed by atoms with Crippen molar-refractivity contribution >= 4 is 45.7 Å². The Bertz CT molecular complexity index is 642. The monoisotopic (exact) mass is 324 g/mol. The molecule has 0 radical (unpaired) electrons. The molecule has 0 fully saturated rings. The number of halogens is 1. The van der Waals surface area contributed by atoms with Crippen molar-refractivity contribution in [3.05, 3.63) is 40.4 Å². The number of hydrogen-bond donors (Lipinski definition) is 3. The Morgan fingerprint density at radius 2 is 1.95 bits per heavy atom. The van der Waals surface area contributed by atoms with Gasteiger partial charge in [-0.3, -0.25) is 10.1 Å². The van der Waals surface area contributed by atoms with Gasteiger partial charge in [-0.25, -0.2) is 9.78 Å². The fraction of sp³-hybridized carbons (Fsp3) is 0.154. The number of urea groups is 1. The molecule has 2 rings (SSSR count). The summed E-state index contributed by atoms with van der Waals surface area (Å²) in [6.45, 7) is 2.35. The molecular formula is C13H13ClN4O2S. The zero-order valence-corrected chi connectivity index (χ0v) is 12.7. The SMILES string of the molecule is CCNC(=O)c1csc(NC(=O)Nc2ccc(Cl)cc2)n1. The van der Waals surface area contributed by atoms with E-state index in [9.17, 15) is 9.59 Å². The van der Waals surface area contributed by atoms with Crippen molar-refractivity contribution in [1.29, 1.82) is 0 Å². The molecule has 110 valence electrons. The third-order valence-corrected chi connectivity index (χ3v) is 3.41. The van der Waals surface area contributed by atoms with Crippen LogP contribution >= 0.6 is 22.9 Å². The van der Waals surface area contributed by atoms with Crippen molar-refractivity contribution in [3.8, 4) is 0 Å². The van der Waals surface area contributed by atoms with E-state index in [0.29, 0.717) is 22.4 Å². The number of hydrogen-bond acceptors (Lipinski definition) is 4. The van der Waals surface area contributed by atoms with Crippen molar-refractivity contribution in [2.45, 2.75) is 6.92 Å². The van der Waals surface area contributed by atoms with Gasteiger partial charge in [0.1, 0.15) is 5.69 Å². The molecule has 0 saturated carbocycles. The lowest BCUT2D eigenvalue weighted by Crippen LogP contribution is -2.23. The van der Waals surface area contributed by atoms with Gasteiger partial charge in [0.2, 0.25) is 0 Å². The molecule has 1 aromatic heterocycles. The first kappa shape index (κ1) is 15.3. The Morgan fingerprint density at radius 1 is 1.24 bits per heavy atom. The van der Waals surface area contributed by atoms with Crippen LogP contribution in [0.15, 0.2) is 29.6 Å². The number of nitrogens with zero attached hydrogens (tertiary/aromatic N) is 1. The smallest absolute Gasteiger partial charge is 0.325 e. The van der Waals surface area contributed by atoms with E-state index in [-0.39, 0.29) is 11.6 Å². The number of amides is 3. The van der Waals surface area contributed by atoms with Crippen molar-refractivity contribution in [2.75, 3.05) is 17.2 Å². The van der Waals surface area contributed by atoms with Gasteiger partial charge in [-0.2, -0.15) is 0 Å². The van der Waals surface area contributed by atoms with Crippen LogP contribution in [0.4, 0.5) is 15.6 Å². The second kappa shape index (κ2) is 7.05. The zero-order valence-electron chi connectivity index (χ0n) is 11.1. The van der Waals surface area contributed by atoms with E-state index in [0.717, 1.165) is 0 Å². The fourth-order valence-corrected chi connectivity index (χ4v) is 2.29. The topological polar surface area (TPSA) is 83.1 Å². The minimum Gasteiger partial charge on any atom is -0.351 e. The third-order valence-electron chi connectivity index (χ3n) is 2.40. The van der Waals surface area contributed by atoms with Crippen LogP contribution in [0.25, 0.3) is 0 Å². The van der Waals surface area contributed by atoms with Gasteiger partial charge < -0.3 is 10.6 Å². The van der Waals surface area contributed by atoms with Crippen molar-refractivity contribution in [3.63, 3.8) is 0 Å².